The first-order valence-electron chi connectivity index (χ1n) is 4.83. The minimum atomic E-state index is 0.666. The predicted molar refractivity (Wildman–Crippen MR) is 62.3 cm³/mol. The summed E-state index contributed by atoms with van der Waals surface area (Å²) in [6, 6.07) is 10.1. The van der Waals surface area contributed by atoms with Crippen molar-refractivity contribution < 1.29 is 0 Å². The Morgan fingerprint density at radius 1 is 1.20 bits per heavy atom. The molecule has 0 spiro atoms. The van der Waals surface area contributed by atoms with Crippen LogP contribution in [0.25, 0.3) is 17.3 Å². The van der Waals surface area contributed by atoms with E-state index in [0.29, 0.717) is 5.82 Å². The summed E-state index contributed by atoms with van der Waals surface area (Å²) >= 11 is 0. The molecule has 2 rings (SSSR count). The second kappa shape index (κ2) is 4.05. The highest BCUT2D eigenvalue weighted by atomic mass is 14.9. The summed E-state index contributed by atoms with van der Waals surface area (Å²) in [5.41, 5.74) is 3.16. The molecule has 15 heavy (non-hydrogen) atoms. The number of hydrogen-bond acceptors (Lipinski definition) is 2. The molecule has 0 bridgehead atoms. The third kappa shape index (κ3) is 1.94. The van der Waals surface area contributed by atoms with Gasteiger partial charge in [-0.05, 0) is 18.6 Å². The van der Waals surface area contributed by atoms with Crippen molar-refractivity contribution in [2.45, 2.75) is 6.92 Å². The first-order valence-corrected chi connectivity index (χ1v) is 4.83. The van der Waals surface area contributed by atoms with E-state index in [1.807, 2.05) is 43.5 Å². The Morgan fingerprint density at radius 3 is 2.60 bits per heavy atom. The SMILES string of the molecule is C=Cc1ncc(C)c(-c2ccccc2)n1. The predicted octanol–water partition coefficient (Wildman–Crippen LogP) is 3.10. The molecular formula is C13H12N2. The van der Waals surface area contributed by atoms with Crippen LogP contribution in [0.2, 0.25) is 0 Å². The fraction of sp³-hybridized carbons (Fsp3) is 0.0769. The van der Waals surface area contributed by atoms with Crippen molar-refractivity contribution in [3.8, 4) is 11.3 Å². The Balaban J connectivity index is 2.57. The molecule has 0 radical (unpaired) electrons. The van der Waals surface area contributed by atoms with E-state index >= 15 is 0 Å². The standard InChI is InChI=1S/C13H12N2/c1-3-12-14-9-10(2)13(15-12)11-7-5-4-6-8-11/h3-9H,1H2,2H3. The molecule has 0 atom stereocenters. The van der Waals surface area contributed by atoms with Crippen molar-refractivity contribution in [1.29, 1.82) is 0 Å². The van der Waals surface area contributed by atoms with Crippen LogP contribution in [0.3, 0.4) is 0 Å². The first-order chi connectivity index (χ1) is 7.31. The van der Waals surface area contributed by atoms with E-state index in [1.54, 1.807) is 6.08 Å². The van der Waals surface area contributed by atoms with Gasteiger partial charge in [-0.15, -0.1) is 0 Å². The van der Waals surface area contributed by atoms with Crippen molar-refractivity contribution in [3.63, 3.8) is 0 Å². The molecule has 74 valence electrons. The number of aromatic nitrogens is 2. The van der Waals surface area contributed by atoms with Gasteiger partial charge in [-0.3, -0.25) is 0 Å². The molecule has 2 aromatic rings. The second-order valence-electron chi connectivity index (χ2n) is 3.33. The van der Waals surface area contributed by atoms with E-state index < -0.39 is 0 Å². The van der Waals surface area contributed by atoms with Gasteiger partial charge in [0.2, 0.25) is 0 Å². The highest BCUT2D eigenvalue weighted by Crippen LogP contribution is 2.19. The molecule has 0 aliphatic heterocycles. The largest absolute Gasteiger partial charge is 0.237 e. The molecular weight excluding hydrogens is 184 g/mol. The van der Waals surface area contributed by atoms with Gasteiger partial charge in [0.05, 0.1) is 5.69 Å². The fourth-order valence-electron chi connectivity index (χ4n) is 1.44. The smallest absolute Gasteiger partial charge is 0.151 e. The average molecular weight is 196 g/mol. The summed E-state index contributed by atoms with van der Waals surface area (Å²) in [5, 5.41) is 0. The Bertz CT molecular complexity index is 475. The average Bonchev–Trinajstić information content (AvgIpc) is 2.31. The maximum Gasteiger partial charge on any atom is 0.151 e. The number of rotatable bonds is 2. The van der Waals surface area contributed by atoms with Gasteiger partial charge in [0, 0.05) is 11.8 Å². The van der Waals surface area contributed by atoms with Crippen LogP contribution in [-0.2, 0) is 0 Å². The van der Waals surface area contributed by atoms with Gasteiger partial charge in [0.1, 0.15) is 0 Å². The summed E-state index contributed by atoms with van der Waals surface area (Å²) in [4.78, 5) is 8.59. The monoisotopic (exact) mass is 196 g/mol. The van der Waals surface area contributed by atoms with Gasteiger partial charge in [0.15, 0.2) is 5.82 Å². The molecule has 1 heterocycles. The van der Waals surface area contributed by atoms with Crippen LogP contribution >= 0.6 is 0 Å². The van der Waals surface area contributed by atoms with Gasteiger partial charge < -0.3 is 0 Å². The lowest BCUT2D eigenvalue weighted by Crippen LogP contribution is -1.93. The van der Waals surface area contributed by atoms with Crippen LogP contribution in [-0.4, -0.2) is 9.97 Å². The maximum atomic E-state index is 4.43. The summed E-state index contributed by atoms with van der Waals surface area (Å²) < 4.78 is 0. The quantitative estimate of drug-likeness (QED) is 0.737. The Hall–Kier alpha value is -1.96. The molecule has 0 saturated carbocycles. The topological polar surface area (TPSA) is 25.8 Å². The van der Waals surface area contributed by atoms with Gasteiger partial charge in [-0.1, -0.05) is 36.9 Å². The molecule has 2 heteroatoms. The molecule has 0 fully saturated rings. The van der Waals surface area contributed by atoms with Crippen molar-refractivity contribution >= 4 is 6.08 Å². The zero-order valence-electron chi connectivity index (χ0n) is 8.64. The van der Waals surface area contributed by atoms with E-state index in [9.17, 15) is 0 Å². The van der Waals surface area contributed by atoms with Crippen LogP contribution in [0, 0.1) is 6.92 Å². The minimum Gasteiger partial charge on any atom is -0.237 e. The maximum absolute atomic E-state index is 4.43. The molecule has 0 N–H and O–H groups in total. The Morgan fingerprint density at radius 2 is 1.93 bits per heavy atom. The lowest BCUT2D eigenvalue weighted by Gasteiger charge is -2.04. The number of benzene rings is 1. The van der Waals surface area contributed by atoms with Crippen LogP contribution in [0.4, 0.5) is 0 Å². The van der Waals surface area contributed by atoms with Gasteiger partial charge >= 0.3 is 0 Å². The first kappa shape index (κ1) is 9.59. The fourth-order valence-corrected chi connectivity index (χ4v) is 1.44. The highest BCUT2D eigenvalue weighted by molar-refractivity contribution is 5.63. The zero-order valence-corrected chi connectivity index (χ0v) is 8.64. The number of aryl methyl sites for hydroxylation is 1. The van der Waals surface area contributed by atoms with E-state index in [4.69, 9.17) is 0 Å². The molecule has 0 unspecified atom stereocenters. The molecule has 0 aliphatic rings. The van der Waals surface area contributed by atoms with Gasteiger partial charge in [-0.2, -0.15) is 0 Å². The molecule has 1 aromatic heterocycles. The van der Waals surface area contributed by atoms with Crippen LogP contribution in [0.5, 0.6) is 0 Å². The third-order valence-electron chi connectivity index (χ3n) is 2.22. The third-order valence-corrected chi connectivity index (χ3v) is 2.22. The number of nitrogens with zero attached hydrogens (tertiary/aromatic N) is 2. The van der Waals surface area contributed by atoms with Crippen molar-refractivity contribution in [2.24, 2.45) is 0 Å². The lowest BCUT2D eigenvalue weighted by atomic mass is 10.1. The van der Waals surface area contributed by atoms with Crippen LogP contribution in [0.1, 0.15) is 11.4 Å². The minimum absolute atomic E-state index is 0.666. The summed E-state index contributed by atoms with van der Waals surface area (Å²) in [6.07, 6.45) is 3.48. The zero-order chi connectivity index (χ0) is 10.7. The van der Waals surface area contributed by atoms with E-state index in [1.165, 1.54) is 0 Å². The number of hydrogen-bond donors (Lipinski definition) is 0. The molecule has 0 saturated heterocycles. The Kier molecular flexibility index (Phi) is 2.59. The summed E-state index contributed by atoms with van der Waals surface area (Å²) in [6.45, 7) is 5.68. The van der Waals surface area contributed by atoms with Crippen molar-refractivity contribution in [2.75, 3.05) is 0 Å². The molecule has 0 amide bonds. The van der Waals surface area contributed by atoms with Crippen molar-refractivity contribution in [1.82, 2.24) is 9.97 Å². The molecule has 2 nitrogen and oxygen atoms in total. The normalized spacial score (nSPS) is 9.93. The highest BCUT2D eigenvalue weighted by Gasteiger charge is 2.03. The summed E-state index contributed by atoms with van der Waals surface area (Å²) in [5.74, 6) is 0.666. The lowest BCUT2D eigenvalue weighted by molar-refractivity contribution is 1.11. The Labute approximate surface area is 89.3 Å². The van der Waals surface area contributed by atoms with Crippen molar-refractivity contribution in [3.05, 3.63) is 54.5 Å². The van der Waals surface area contributed by atoms with E-state index in [0.717, 1.165) is 16.8 Å². The summed E-state index contributed by atoms with van der Waals surface area (Å²) in [7, 11) is 0. The molecule has 1 aromatic carbocycles. The molecule has 0 aliphatic carbocycles. The van der Waals surface area contributed by atoms with Gasteiger partial charge in [-0.25, -0.2) is 9.97 Å². The van der Waals surface area contributed by atoms with E-state index in [-0.39, 0.29) is 0 Å². The van der Waals surface area contributed by atoms with Crippen LogP contribution in [0.15, 0.2) is 43.1 Å². The second-order valence-corrected chi connectivity index (χ2v) is 3.33. The van der Waals surface area contributed by atoms with E-state index in [2.05, 4.69) is 16.5 Å². The van der Waals surface area contributed by atoms with Gasteiger partial charge in [0.25, 0.3) is 0 Å². The van der Waals surface area contributed by atoms with Crippen LogP contribution < -0.4 is 0 Å².